The molecule has 0 saturated heterocycles. The van der Waals surface area contributed by atoms with Gasteiger partial charge in [-0.2, -0.15) is 0 Å². The average molecular weight is 403 g/mol. The van der Waals surface area contributed by atoms with Crippen LogP contribution in [-0.4, -0.2) is 33.2 Å². The van der Waals surface area contributed by atoms with Crippen LogP contribution in [0.15, 0.2) is 47.1 Å². The Kier molecular flexibility index (Phi) is 5.33. The van der Waals surface area contributed by atoms with Gasteiger partial charge in [-0.3, -0.25) is 9.20 Å². The van der Waals surface area contributed by atoms with Crippen LogP contribution >= 0.6 is 15.9 Å². The summed E-state index contributed by atoms with van der Waals surface area (Å²) in [7, 11) is 0. The number of aromatic nitrogens is 3. The van der Waals surface area contributed by atoms with Gasteiger partial charge in [0, 0.05) is 19.2 Å². The number of hydrogen-bond acceptors (Lipinski definition) is 4. The summed E-state index contributed by atoms with van der Waals surface area (Å²) in [5.41, 5.74) is 1.92. The first-order valence-electron chi connectivity index (χ1n) is 8.04. The molecule has 3 rings (SSSR count). The molecule has 0 aliphatic carbocycles. The Bertz CT molecular complexity index is 894. The number of ether oxygens (including phenoxy) is 1. The molecule has 0 fully saturated rings. The van der Waals surface area contributed by atoms with Gasteiger partial charge in [0.15, 0.2) is 11.8 Å². The number of aryl methyl sites for hydroxylation is 1. The monoisotopic (exact) mass is 402 g/mol. The maximum Gasteiger partial charge on any atom is 0.260 e. The van der Waals surface area contributed by atoms with E-state index in [1.165, 1.54) is 0 Å². The Morgan fingerprint density at radius 1 is 1.32 bits per heavy atom. The van der Waals surface area contributed by atoms with Crippen molar-refractivity contribution in [2.24, 2.45) is 0 Å². The molecule has 1 aromatic carbocycles. The first-order chi connectivity index (χ1) is 12.0. The van der Waals surface area contributed by atoms with E-state index in [-0.39, 0.29) is 5.91 Å². The molecule has 130 valence electrons. The molecule has 2 aromatic heterocycles. The van der Waals surface area contributed by atoms with Crippen LogP contribution in [0.4, 0.5) is 0 Å². The number of carbonyl (C=O) groups excluding carboxylic acids is 1. The predicted octanol–water partition coefficient (Wildman–Crippen LogP) is 2.93. The molecule has 25 heavy (non-hydrogen) atoms. The average Bonchev–Trinajstić information content (AvgIpc) is 3.00. The zero-order valence-corrected chi connectivity index (χ0v) is 15.7. The smallest absolute Gasteiger partial charge is 0.260 e. The summed E-state index contributed by atoms with van der Waals surface area (Å²) < 4.78 is 8.48. The molecule has 0 aliphatic rings. The third-order valence-corrected chi connectivity index (χ3v) is 4.41. The summed E-state index contributed by atoms with van der Waals surface area (Å²) >= 11 is 3.45. The van der Waals surface area contributed by atoms with Crippen molar-refractivity contribution in [2.45, 2.75) is 26.4 Å². The molecule has 1 atom stereocenters. The lowest BCUT2D eigenvalue weighted by atomic mass is 10.2. The van der Waals surface area contributed by atoms with Crippen LogP contribution in [0, 0.1) is 6.92 Å². The highest BCUT2D eigenvalue weighted by atomic mass is 79.9. The van der Waals surface area contributed by atoms with Crippen molar-refractivity contribution in [3.8, 4) is 5.75 Å². The van der Waals surface area contributed by atoms with Crippen LogP contribution in [0.5, 0.6) is 5.75 Å². The van der Waals surface area contributed by atoms with E-state index in [1.54, 1.807) is 6.92 Å². The normalized spacial score (nSPS) is 12.1. The standard InChI is InChI=1S/C18H19BrN4O2/c1-12-6-7-15(14(19)11-12)25-13(2)18(24)20-9-8-17-22-21-16-5-3-4-10-23(16)17/h3-7,10-11,13H,8-9H2,1-2H3,(H,20,24)/t13-/m1/s1. The van der Waals surface area contributed by atoms with Gasteiger partial charge in [-0.05, 0) is 59.6 Å². The summed E-state index contributed by atoms with van der Waals surface area (Å²) in [4.78, 5) is 12.2. The summed E-state index contributed by atoms with van der Waals surface area (Å²) in [5.74, 6) is 1.30. The maximum absolute atomic E-state index is 12.2. The second-order valence-corrected chi connectivity index (χ2v) is 6.63. The van der Waals surface area contributed by atoms with Crippen molar-refractivity contribution in [1.82, 2.24) is 19.9 Å². The minimum absolute atomic E-state index is 0.165. The van der Waals surface area contributed by atoms with Gasteiger partial charge in [-0.1, -0.05) is 12.1 Å². The van der Waals surface area contributed by atoms with Crippen LogP contribution in [-0.2, 0) is 11.2 Å². The highest BCUT2D eigenvalue weighted by Gasteiger charge is 2.16. The molecule has 0 radical (unpaired) electrons. The van der Waals surface area contributed by atoms with Gasteiger partial charge in [0.2, 0.25) is 0 Å². The molecule has 0 unspecified atom stereocenters. The van der Waals surface area contributed by atoms with Gasteiger partial charge in [0.1, 0.15) is 11.6 Å². The maximum atomic E-state index is 12.2. The molecule has 3 aromatic rings. The van der Waals surface area contributed by atoms with E-state index in [0.29, 0.717) is 18.7 Å². The number of hydrogen-bond donors (Lipinski definition) is 1. The fraction of sp³-hybridized carbons (Fsp3) is 0.278. The SMILES string of the molecule is Cc1ccc(O[C@H](C)C(=O)NCCc2nnc3ccccn23)c(Br)c1. The Hall–Kier alpha value is -2.41. The second kappa shape index (κ2) is 7.65. The summed E-state index contributed by atoms with van der Waals surface area (Å²) in [5, 5.41) is 11.1. The van der Waals surface area contributed by atoms with Crippen LogP contribution in [0.25, 0.3) is 5.65 Å². The van der Waals surface area contributed by atoms with Crippen molar-refractivity contribution >= 4 is 27.5 Å². The number of rotatable bonds is 6. The molecule has 2 heterocycles. The molecule has 0 bridgehead atoms. The number of nitrogens with zero attached hydrogens (tertiary/aromatic N) is 3. The van der Waals surface area contributed by atoms with Gasteiger partial charge in [0.05, 0.1) is 4.47 Å². The summed E-state index contributed by atoms with van der Waals surface area (Å²) in [6, 6.07) is 11.5. The zero-order chi connectivity index (χ0) is 17.8. The molecule has 0 saturated carbocycles. The number of benzene rings is 1. The highest BCUT2D eigenvalue weighted by Crippen LogP contribution is 2.26. The minimum Gasteiger partial charge on any atom is -0.480 e. The Labute approximate surface area is 154 Å². The molecule has 7 heteroatoms. The van der Waals surface area contributed by atoms with E-state index in [0.717, 1.165) is 21.5 Å². The van der Waals surface area contributed by atoms with Crippen LogP contribution < -0.4 is 10.1 Å². The zero-order valence-electron chi connectivity index (χ0n) is 14.1. The summed E-state index contributed by atoms with van der Waals surface area (Å²) in [6.45, 7) is 4.20. The molecular formula is C18H19BrN4O2. The van der Waals surface area contributed by atoms with E-state index < -0.39 is 6.10 Å². The first-order valence-corrected chi connectivity index (χ1v) is 8.83. The predicted molar refractivity (Wildman–Crippen MR) is 98.7 cm³/mol. The van der Waals surface area contributed by atoms with Gasteiger partial charge < -0.3 is 10.1 Å². The molecule has 1 N–H and O–H groups in total. The quantitative estimate of drug-likeness (QED) is 0.687. The van der Waals surface area contributed by atoms with Gasteiger partial charge in [-0.15, -0.1) is 10.2 Å². The number of carbonyl (C=O) groups is 1. The molecule has 6 nitrogen and oxygen atoms in total. The van der Waals surface area contributed by atoms with E-state index in [4.69, 9.17) is 4.74 Å². The van der Waals surface area contributed by atoms with Crippen molar-refractivity contribution < 1.29 is 9.53 Å². The Balaban J connectivity index is 1.53. The van der Waals surface area contributed by atoms with E-state index in [9.17, 15) is 4.79 Å². The Morgan fingerprint density at radius 3 is 2.96 bits per heavy atom. The van der Waals surface area contributed by atoms with Gasteiger partial charge in [0.25, 0.3) is 5.91 Å². The second-order valence-electron chi connectivity index (χ2n) is 5.78. The van der Waals surface area contributed by atoms with E-state index in [1.807, 2.05) is 53.9 Å². The van der Waals surface area contributed by atoms with Crippen molar-refractivity contribution in [3.05, 3.63) is 58.5 Å². The van der Waals surface area contributed by atoms with Crippen molar-refractivity contribution in [3.63, 3.8) is 0 Å². The fourth-order valence-corrected chi connectivity index (χ4v) is 3.03. The minimum atomic E-state index is -0.589. The molecular weight excluding hydrogens is 384 g/mol. The number of pyridine rings is 1. The number of nitrogens with one attached hydrogen (secondary N) is 1. The molecule has 0 spiro atoms. The van der Waals surface area contributed by atoms with Crippen LogP contribution in [0.2, 0.25) is 0 Å². The molecule has 1 amide bonds. The van der Waals surface area contributed by atoms with Crippen molar-refractivity contribution in [2.75, 3.05) is 6.54 Å². The highest BCUT2D eigenvalue weighted by molar-refractivity contribution is 9.10. The number of halogens is 1. The van der Waals surface area contributed by atoms with Gasteiger partial charge >= 0.3 is 0 Å². The summed E-state index contributed by atoms with van der Waals surface area (Å²) in [6.07, 6.45) is 1.92. The number of fused-ring (bicyclic) bond motifs is 1. The Morgan fingerprint density at radius 2 is 2.16 bits per heavy atom. The molecule has 0 aliphatic heterocycles. The lowest BCUT2D eigenvalue weighted by Crippen LogP contribution is -2.37. The lowest BCUT2D eigenvalue weighted by Gasteiger charge is -2.16. The first kappa shape index (κ1) is 17.4. The third kappa shape index (κ3) is 4.17. The number of amides is 1. The third-order valence-electron chi connectivity index (χ3n) is 3.79. The largest absolute Gasteiger partial charge is 0.480 e. The lowest BCUT2D eigenvalue weighted by molar-refractivity contribution is -0.127. The van der Waals surface area contributed by atoms with Crippen molar-refractivity contribution in [1.29, 1.82) is 0 Å². The van der Waals surface area contributed by atoms with Crippen LogP contribution in [0.3, 0.4) is 0 Å². The van der Waals surface area contributed by atoms with E-state index >= 15 is 0 Å². The topological polar surface area (TPSA) is 68.5 Å². The van der Waals surface area contributed by atoms with Crippen LogP contribution in [0.1, 0.15) is 18.3 Å². The van der Waals surface area contributed by atoms with Gasteiger partial charge in [-0.25, -0.2) is 0 Å². The van der Waals surface area contributed by atoms with E-state index in [2.05, 4.69) is 31.4 Å². The fourth-order valence-electron chi connectivity index (χ4n) is 2.45.